The average molecular weight is 395 g/mol. The van der Waals surface area contributed by atoms with Crippen molar-refractivity contribution in [2.45, 2.75) is 26.0 Å². The van der Waals surface area contributed by atoms with Crippen molar-refractivity contribution < 1.29 is 19.1 Å². The van der Waals surface area contributed by atoms with Gasteiger partial charge < -0.3 is 14.7 Å². The van der Waals surface area contributed by atoms with Gasteiger partial charge in [-0.1, -0.05) is 23.4 Å². The van der Waals surface area contributed by atoms with Crippen molar-refractivity contribution in [3.05, 3.63) is 65.8 Å². The molecule has 4 rings (SSSR count). The maximum absolute atomic E-state index is 14.1. The molecule has 0 aliphatic carbocycles. The Bertz CT molecular complexity index is 1150. The minimum atomic E-state index is -1.29. The predicted octanol–water partition coefficient (Wildman–Crippen LogP) is 3.12. The topological polar surface area (TPSA) is 110 Å². The third-order valence-electron chi connectivity index (χ3n) is 4.42. The third kappa shape index (κ3) is 3.72. The molecule has 0 unspecified atom stereocenters. The summed E-state index contributed by atoms with van der Waals surface area (Å²) in [7, 11) is 0. The molecule has 1 aromatic carbocycles. The number of hydrogen-bond donors (Lipinski definition) is 2. The van der Waals surface area contributed by atoms with Gasteiger partial charge in [0.05, 0.1) is 23.4 Å². The minimum Gasteiger partial charge on any atom is -0.493 e. The van der Waals surface area contributed by atoms with Crippen LogP contribution in [0.1, 0.15) is 25.0 Å². The highest BCUT2D eigenvalue weighted by Gasteiger charge is 2.24. The van der Waals surface area contributed by atoms with Gasteiger partial charge in [-0.05, 0) is 26.0 Å². The van der Waals surface area contributed by atoms with Gasteiger partial charge in [-0.25, -0.2) is 9.37 Å². The highest BCUT2D eigenvalue weighted by molar-refractivity contribution is 5.63. The Morgan fingerprint density at radius 3 is 2.62 bits per heavy atom. The molecule has 0 amide bonds. The lowest BCUT2D eigenvalue weighted by Gasteiger charge is -2.17. The Kier molecular flexibility index (Phi) is 4.59. The van der Waals surface area contributed by atoms with Gasteiger partial charge in [0.25, 0.3) is 0 Å². The molecule has 3 aromatic heterocycles. The first-order valence-electron chi connectivity index (χ1n) is 8.84. The van der Waals surface area contributed by atoms with Crippen molar-refractivity contribution in [1.82, 2.24) is 24.9 Å². The normalized spacial score (nSPS) is 11.7. The first kappa shape index (κ1) is 18.8. The fraction of sp³-hybridized carbons (Fsp3) is 0.200. The summed E-state index contributed by atoms with van der Waals surface area (Å²) in [5.74, 6) is -0.527. The Morgan fingerprint density at radius 1 is 1.17 bits per heavy atom. The first-order valence-corrected chi connectivity index (χ1v) is 8.84. The van der Waals surface area contributed by atoms with Gasteiger partial charge >= 0.3 is 0 Å². The zero-order chi connectivity index (χ0) is 20.6. The number of rotatable bonds is 5. The lowest BCUT2D eigenvalue weighted by Crippen LogP contribution is -2.16. The Hall–Kier alpha value is -3.59. The van der Waals surface area contributed by atoms with Crippen LogP contribution in [-0.4, -0.2) is 35.1 Å². The van der Waals surface area contributed by atoms with Gasteiger partial charge in [-0.3, -0.25) is 4.68 Å². The van der Waals surface area contributed by atoms with E-state index in [4.69, 9.17) is 4.52 Å². The lowest BCUT2D eigenvalue weighted by atomic mass is 10.0. The molecule has 0 aliphatic heterocycles. The summed E-state index contributed by atoms with van der Waals surface area (Å²) in [4.78, 5) is 8.27. The quantitative estimate of drug-likeness (QED) is 0.534. The largest absolute Gasteiger partial charge is 0.493 e. The second kappa shape index (κ2) is 7.10. The van der Waals surface area contributed by atoms with Crippen LogP contribution in [0.4, 0.5) is 4.39 Å². The molecule has 0 radical (unpaired) electrons. The second-order valence-electron chi connectivity index (χ2n) is 7.04. The van der Waals surface area contributed by atoms with Crippen molar-refractivity contribution in [1.29, 1.82) is 0 Å². The molecule has 0 atom stereocenters. The van der Waals surface area contributed by atoms with Crippen molar-refractivity contribution in [2.75, 3.05) is 0 Å². The minimum absolute atomic E-state index is 0.155. The predicted molar refractivity (Wildman–Crippen MR) is 101 cm³/mol. The van der Waals surface area contributed by atoms with E-state index < -0.39 is 5.60 Å². The maximum Gasteiger partial charge on any atom is 0.220 e. The van der Waals surface area contributed by atoms with Crippen molar-refractivity contribution in [3.63, 3.8) is 0 Å². The number of nitrogens with zero attached hydrogens (tertiary/aromatic N) is 5. The molecule has 4 aromatic rings. The second-order valence-corrected chi connectivity index (χ2v) is 7.04. The van der Waals surface area contributed by atoms with Crippen LogP contribution in [0.3, 0.4) is 0 Å². The zero-order valence-electron chi connectivity index (χ0n) is 15.7. The van der Waals surface area contributed by atoms with Crippen molar-refractivity contribution >= 4 is 0 Å². The van der Waals surface area contributed by atoms with Crippen molar-refractivity contribution in [2.24, 2.45) is 0 Å². The summed E-state index contributed by atoms with van der Waals surface area (Å²) >= 11 is 0. The number of benzene rings is 1. The van der Waals surface area contributed by atoms with Gasteiger partial charge in [0.2, 0.25) is 5.88 Å². The molecule has 2 N–H and O–H groups in total. The summed E-state index contributed by atoms with van der Waals surface area (Å²) in [5, 5.41) is 28.7. The van der Waals surface area contributed by atoms with Gasteiger partial charge in [0, 0.05) is 17.8 Å². The molecule has 0 spiro atoms. The number of hydrogen-bond acceptors (Lipinski definition) is 7. The molecule has 0 aliphatic rings. The summed E-state index contributed by atoms with van der Waals surface area (Å²) in [6.45, 7) is 3.20. The van der Waals surface area contributed by atoms with Crippen LogP contribution in [0.15, 0.2) is 53.4 Å². The van der Waals surface area contributed by atoms with Crippen molar-refractivity contribution in [3.8, 4) is 28.8 Å². The van der Waals surface area contributed by atoms with Crippen LogP contribution in [0.5, 0.6) is 5.88 Å². The Morgan fingerprint density at radius 2 is 1.97 bits per heavy atom. The molecule has 0 saturated heterocycles. The van der Waals surface area contributed by atoms with E-state index in [1.54, 1.807) is 35.0 Å². The number of halogens is 1. The molecular formula is C20H18FN5O3. The molecule has 0 bridgehead atoms. The summed E-state index contributed by atoms with van der Waals surface area (Å²) in [6, 6.07) is 9.75. The van der Waals surface area contributed by atoms with E-state index in [1.807, 2.05) is 0 Å². The molecule has 148 valence electrons. The first-order chi connectivity index (χ1) is 13.8. The molecular weight excluding hydrogens is 377 g/mol. The summed E-state index contributed by atoms with van der Waals surface area (Å²) in [5.41, 5.74) is 0.802. The van der Waals surface area contributed by atoms with Crippen LogP contribution in [-0.2, 0) is 12.1 Å². The van der Waals surface area contributed by atoms with E-state index in [2.05, 4.69) is 20.2 Å². The highest BCUT2D eigenvalue weighted by atomic mass is 19.1. The molecule has 0 fully saturated rings. The third-order valence-corrected chi connectivity index (χ3v) is 4.42. The van der Waals surface area contributed by atoms with Crippen LogP contribution < -0.4 is 0 Å². The van der Waals surface area contributed by atoms with E-state index >= 15 is 0 Å². The fourth-order valence-electron chi connectivity index (χ4n) is 2.91. The van der Waals surface area contributed by atoms with Crippen LogP contribution in [0, 0.1) is 5.82 Å². The zero-order valence-corrected chi connectivity index (χ0v) is 15.7. The maximum atomic E-state index is 14.1. The molecule has 29 heavy (non-hydrogen) atoms. The smallest absolute Gasteiger partial charge is 0.220 e. The van der Waals surface area contributed by atoms with Gasteiger partial charge in [0.15, 0.2) is 5.82 Å². The number of aromatic hydroxyl groups is 1. The SMILES string of the molecule is CC(C)(O)c1cnc(-c2cc(-c3ccon3)n(Cc3ccccc3F)n2)nc1O. The number of aromatic nitrogens is 5. The molecule has 3 heterocycles. The van der Waals surface area contributed by atoms with E-state index in [0.717, 1.165) is 0 Å². The van der Waals surface area contributed by atoms with Gasteiger partial charge in [-0.2, -0.15) is 10.1 Å². The lowest BCUT2D eigenvalue weighted by molar-refractivity contribution is 0.0747. The molecule has 0 saturated carbocycles. The highest BCUT2D eigenvalue weighted by Crippen LogP contribution is 2.30. The fourth-order valence-corrected chi connectivity index (χ4v) is 2.91. The van der Waals surface area contributed by atoms with E-state index in [-0.39, 0.29) is 29.6 Å². The number of aliphatic hydroxyl groups is 1. The van der Waals surface area contributed by atoms with E-state index in [0.29, 0.717) is 22.6 Å². The molecule has 8 nitrogen and oxygen atoms in total. The van der Waals surface area contributed by atoms with E-state index in [1.165, 1.54) is 32.4 Å². The summed E-state index contributed by atoms with van der Waals surface area (Å²) < 4.78 is 20.6. The average Bonchev–Trinajstić information content (AvgIpc) is 3.32. The summed E-state index contributed by atoms with van der Waals surface area (Å²) in [6.07, 6.45) is 2.78. The monoisotopic (exact) mass is 395 g/mol. The van der Waals surface area contributed by atoms with Gasteiger partial charge in [-0.15, -0.1) is 0 Å². The van der Waals surface area contributed by atoms with E-state index in [9.17, 15) is 14.6 Å². The standard InChI is InChI=1S/C20H18FN5O3/c1-20(2,28)13-10-22-18(23-19(13)27)16-9-17(15-7-8-29-25-15)26(24-16)11-12-5-3-4-6-14(12)21/h3-10,28H,11H2,1-2H3,(H,22,23,27). The molecule has 9 heteroatoms. The van der Waals surface area contributed by atoms with Crippen LogP contribution >= 0.6 is 0 Å². The van der Waals surface area contributed by atoms with Crippen LogP contribution in [0.2, 0.25) is 0 Å². The van der Waals surface area contributed by atoms with Gasteiger partial charge in [0.1, 0.15) is 23.5 Å². The Balaban J connectivity index is 1.78. The Labute approximate surface area is 165 Å². The van der Waals surface area contributed by atoms with Crippen LogP contribution in [0.25, 0.3) is 22.9 Å².